The topological polar surface area (TPSA) is 85.0 Å². The molecule has 1 N–H and O–H groups in total. The molecular weight excluding hydrogens is 406 g/mol. The first-order valence-corrected chi connectivity index (χ1v) is 10.9. The Balaban J connectivity index is 1.23. The number of halogens is 1. The van der Waals surface area contributed by atoms with Crippen molar-refractivity contribution in [3.05, 3.63) is 35.2 Å². The second-order valence-corrected chi connectivity index (χ2v) is 8.01. The van der Waals surface area contributed by atoms with Gasteiger partial charge in [-0.25, -0.2) is 0 Å². The van der Waals surface area contributed by atoms with Crippen LogP contribution in [0.1, 0.15) is 31.6 Å². The Morgan fingerprint density at radius 1 is 1.33 bits per heavy atom. The van der Waals surface area contributed by atoms with Crippen molar-refractivity contribution in [1.29, 1.82) is 0 Å². The maximum Gasteiger partial charge on any atom is 0.246 e. The number of nitrogens with one attached hydrogen (secondary N) is 1. The van der Waals surface area contributed by atoms with Gasteiger partial charge in [-0.2, -0.15) is 4.98 Å². The fourth-order valence-corrected chi connectivity index (χ4v) is 4.00. The zero-order valence-electron chi connectivity index (χ0n) is 17.2. The van der Waals surface area contributed by atoms with Crippen LogP contribution in [0.4, 0.5) is 0 Å². The van der Waals surface area contributed by atoms with Crippen molar-refractivity contribution in [3.63, 3.8) is 0 Å². The first kappa shape index (κ1) is 21.1. The van der Waals surface area contributed by atoms with Gasteiger partial charge < -0.3 is 24.2 Å². The van der Waals surface area contributed by atoms with E-state index in [2.05, 4.69) is 25.3 Å². The number of nitrogens with zero attached hydrogens (tertiary/aromatic N) is 4. The highest BCUT2D eigenvalue weighted by Crippen LogP contribution is 2.20. The van der Waals surface area contributed by atoms with Crippen molar-refractivity contribution in [2.45, 2.75) is 44.4 Å². The highest BCUT2D eigenvalue weighted by atomic mass is 35.5. The van der Waals surface area contributed by atoms with E-state index in [4.69, 9.17) is 25.6 Å². The number of hydrogen-bond acceptors (Lipinski definition) is 6. The van der Waals surface area contributed by atoms with Crippen molar-refractivity contribution in [2.75, 3.05) is 33.4 Å². The van der Waals surface area contributed by atoms with Crippen molar-refractivity contribution in [2.24, 2.45) is 4.99 Å². The molecule has 2 aliphatic rings. The van der Waals surface area contributed by atoms with E-state index in [0.29, 0.717) is 36.0 Å². The molecule has 0 aliphatic carbocycles. The van der Waals surface area contributed by atoms with Crippen LogP contribution >= 0.6 is 11.6 Å². The molecule has 3 heterocycles. The first-order valence-electron chi connectivity index (χ1n) is 10.5. The number of guanidine groups is 1. The van der Waals surface area contributed by atoms with Gasteiger partial charge in [0.1, 0.15) is 0 Å². The Labute approximate surface area is 181 Å². The fraction of sp³-hybridized carbons (Fsp3) is 0.571. The van der Waals surface area contributed by atoms with Gasteiger partial charge in [0, 0.05) is 37.3 Å². The van der Waals surface area contributed by atoms with E-state index >= 15 is 0 Å². The van der Waals surface area contributed by atoms with Crippen molar-refractivity contribution >= 4 is 17.6 Å². The van der Waals surface area contributed by atoms with Gasteiger partial charge in [0.2, 0.25) is 11.7 Å². The van der Waals surface area contributed by atoms with Gasteiger partial charge in [0.15, 0.2) is 5.96 Å². The average Bonchev–Trinajstić information content (AvgIpc) is 3.46. The fourth-order valence-electron chi connectivity index (χ4n) is 3.81. The number of piperidine rings is 1. The second-order valence-electron chi connectivity index (χ2n) is 7.58. The lowest BCUT2D eigenvalue weighted by Gasteiger charge is -2.34. The number of likely N-dealkylation sites (tertiary alicyclic amines) is 1. The summed E-state index contributed by atoms with van der Waals surface area (Å²) in [6.45, 7) is 3.79. The summed E-state index contributed by atoms with van der Waals surface area (Å²) in [5.74, 6) is 1.85. The maximum absolute atomic E-state index is 6.06. The van der Waals surface area contributed by atoms with Gasteiger partial charge in [0.05, 0.1) is 25.4 Å². The number of ether oxygens (including phenoxy) is 2. The lowest BCUT2D eigenvalue weighted by molar-refractivity contribution is -0.0367. The standard InChI is InChI=1S/C21H28ClN5O3/c1-23-21(27-9-7-17(8-10-27)29-14-18-6-3-11-28-18)24-13-19-25-20(26-30-19)15-4-2-5-16(22)12-15/h2,4-5,12,17-18H,3,6-11,13-14H2,1H3,(H,23,24). The van der Waals surface area contributed by atoms with Crippen LogP contribution in [0.5, 0.6) is 0 Å². The molecule has 2 fully saturated rings. The Morgan fingerprint density at radius 2 is 2.20 bits per heavy atom. The molecule has 8 nitrogen and oxygen atoms in total. The van der Waals surface area contributed by atoms with E-state index in [1.807, 2.05) is 24.3 Å². The van der Waals surface area contributed by atoms with E-state index in [1.54, 1.807) is 7.05 Å². The molecule has 0 spiro atoms. The summed E-state index contributed by atoms with van der Waals surface area (Å²) in [6.07, 6.45) is 4.79. The summed E-state index contributed by atoms with van der Waals surface area (Å²) in [5, 5.41) is 8.00. The minimum Gasteiger partial charge on any atom is -0.376 e. The Morgan fingerprint density at radius 3 is 2.93 bits per heavy atom. The predicted octanol–water partition coefficient (Wildman–Crippen LogP) is 3.13. The summed E-state index contributed by atoms with van der Waals surface area (Å²) >= 11 is 6.04. The third-order valence-corrected chi connectivity index (χ3v) is 5.68. The van der Waals surface area contributed by atoms with Crippen LogP contribution in [-0.2, 0) is 16.0 Å². The van der Waals surface area contributed by atoms with Crippen molar-refractivity contribution in [1.82, 2.24) is 20.4 Å². The van der Waals surface area contributed by atoms with Gasteiger partial charge in [-0.1, -0.05) is 28.9 Å². The van der Waals surface area contributed by atoms with Crippen molar-refractivity contribution < 1.29 is 14.0 Å². The van der Waals surface area contributed by atoms with Gasteiger partial charge in [-0.15, -0.1) is 0 Å². The molecule has 1 aromatic carbocycles. The number of hydrogen-bond donors (Lipinski definition) is 1. The lowest BCUT2D eigenvalue weighted by Crippen LogP contribution is -2.47. The van der Waals surface area contributed by atoms with E-state index in [9.17, 15) is 0 Å². The predicted molar refractivity (Wildman–Crippen MR) is 114 cm³/mol. The summed E-state index contributed by atoms with van der Waals surface area (Å²) < 4.78 is 17.1. The Kier molecular flexibility index (Phi) is 7.20. The smallest absolute Gasteiger partial charge is 0.246 e. The molecule has 9 heteroatoms. The minimum atomic E-state index is 0.281. The third kappa shape index (κ3) is 5.50. The minimum absolute atomic E-state index is 0.281. The quantitative estimate of drug-likeness (QED) is 0.553. The molecular formula is C21H28ClN5O3. The van der Waals surface area contributed by atoms with Crippen LogP contribution in [-0.4, -0.2) is 66.6 Å². The van der Waals surface area contributed by atoms with Crippen molar-refractivity contribution in [3.8, 4) is 11.4 Å². The zero-order valence-corrected chi connectivity index (χ0v) is 18.0. The van der Waals surface area contributed by atoms with E-state index in [-0.39, 0.29) is 6.10 Å². The van der Waals surface area contributed by atoms with Gasteiger partial charge in [0.25, 0.3) is 0 Å². The lowest BCUT2D eigenvalue weighted by atomic mass is 10.1. The summed E-state index contributed by atoms with van der Waals surface area (Å²) in [4.78, 5) is 11.1. The molecule has 162 valence electrons. The van der Waals surface area contributed by atoms with Crippen LogP contribution in [0.2, 0.25) is 5.02 Å². The SMILES string of the molecule is CN=C(NCc1nc(-c2cccc(Cl)c2)no1)N1CCC(OCC2CCCO2)CC1. The average molecular weight is 434 g/mol. The van der Waals surface area contributed by atoms with Crippen LogP contribution in [0, 0.1) is 0 Å². The molecule has 2 saturated heterocycles. The number of aromatic nitrogens is 2. The van der Waals surface area contributed by atoms with Gasteiger partial charge in [-0.05, 0) is 37.8 Å². The van der Waals surface area contributed by atoms with Gasteiger partial charge >= 0.3 is 0 Å². The molecule has 0 saturated carbocycles. The number of benzene rings is 1. The van der Waals surface area contributed by atoms with Crippen LogP contribution in [0.25, 0.3) is 11.4 Å². The maximum atomic E-state index is 6.06. The molecule has 0 bridgehead atoms. The van der Waals surface area contributed by atoms with E-state index < -0.39 is 0 Å². The second kappa shape index (κ2) is 10.2. The molecule has 30 heavy (non-hydrogen) atoms. The zero-order chi connectivity index (χ0) is 20.8. The summed E-state index contributed by atoms with van der Waals surface area (Å²) in [7, 11) is 1.79. The molecule has 0 amide bonds. The normalized spacial score (nSPS) is 20.7. The van der Waals surface area contributed by atoms with Gasteiger partial charge in [-0.3, -0.25) is 4.99 Å². The van der Waals surface area contributed by atoms with Crippen LogP contribution in [0.15, 0.2) is 33.8 Å². The monoisotopic (exact) mass is 433 g/mol. The molecule has 1 aromatic heterocycles. The van der Waals surface area contributed by atoms with E-state index in [0.717, 1.165) is 56.9 Å². The third-order valence-electron chi connectivity index (χ3n) is 5.44. The molecule has 1 atom stereocenters. The largest absolute Gasteiger partial charge is 0.376 e. The summed E-state index contributed by atoms with van der Waals surface area (Å²) in [6, 6.07) is 7.39. The number of aliphatic imine (C=N–C) groups is 1. The highest BCUT2D eigenvalue weighted by molar-refractivity contribution is 6.30. The Hall–Kier alpha value is -2.16. The molecule has 0 radical (unpaired) electrons. The molecule has 4 rings (SSSR count). The Bertz CT molecular complexity index is 845. The molecule has 2 aromatic rings. The highest BCUT2D eigenvalue weighted by Gasteiger charge is 2.24. The van der Waals surface area contributed by atoms with Crippen LogP contribution in [0.3, 0.4) is 0 Å². The first-order chi connectivity index (χ1) is 14.7. The molecule has 1 unspecified atom stereocenters. The van der Waals surface area contributed by atoms with Crippen LogP contribution < -0.4 is 5.32 Å². The van der Waals surface area contributed by atoms with E-state index in [1.165, 1.54) is 0 Å². The molecule has 2 aliphatic heterocycles. The number of rotatable bonds is 6. The summed E-state index contributed by atoms with van der Waals surface area (Å²) in [5.41, 5.74) is 0.826.